The first kappa shape index (κ1) is 9.31. The van der Waals surface area contributed by atoms with E-state index < -0.39 is 17.5 Å². The van der Waals surface area contributed by atoms with Gasteiger partial charge in [0, 0.05) is 0 Å². The van der Waals surface area contributed by atoms with Crippen LogP contribution in [0.15, 0.2) is 11.1 Å². The summed E-state index contributed by atoms with van der Waals surface area (Å²) >= 11 is 0. The lowest BCUT2D eigenvalue weighted by Crippen LogP contribution is -2.38. The molecule has 2 aromatic rings. The van der Waals surface area contributed by atoms with Crippen molar-refractivity contribution in [3.63, 3.8) is 0 Å². The SMILES string of the molecule is C[C@@]1(O)Nc2nc3nc[nH]c3c(=O)n2[C@@H]1O. The first-order chi connectivity index (χ1) is 7.50. The fourth-order valence-electron chi connectivity index (χ4n) is 1.76. The average Bonchev–Trinajstić information content (AvgIpc) is 2.72. The van der Waals surface area contributed by atoms with Crippen LogP contribution in [0, 0.1) is 0 Å². The van der Waals surface area contributed by atoms with E-state index in [1.54, 1.807) is 0 Å². The Hall–Kier alpha value is -1.93. The molecule has 0 spiro atoms. The van der Waals surface area contributed by atoms with Gasteiger partial charge in [-0.25, -0.2) is 9.55 Å². The highest BCUT2D eigenvalue weighted by molar-refractivity contribution is 5.70. The second-order valence-electron chi connectivity index (χ2n) is 3.86. The quantitative estimate of drug-likeness (QED) is 0.443. The summed E-state index contributed by atoms with van der Waals surface area (Å²) in [7, 11) is 0. The van der Waals surface area contributed by atoms with Crippen molar-refractivity contribution in [1.82, 2.24) is 19.5 Å². The highest BCUT2D eigenvalue weighted by Gasteiger charge is 2.41. The van der Waals surface area contributed by atoms with Gasteiger partial charge in [-0.05, 0) is 6.92 Å². The number of anilines is 1. The lowest BCUT2D eigenvalue weighted by Gasteiger charge is -2.20. The molecule has 0 amide bonds. The number of aromatic amines is 1. The fourth-order valence-corrected chi connectivity index (χ4v) is 1.76. The number of nitrogens with zero attached hydrogens (tertiary/aromatic N) is 3. The molecule has 8 heteroatoms. The molecule has 84 valence electrons. The standard InChI is InChI=1S/C8H9N5O3/c1-8(16)6(15)13-5(14)3-4(10-2-9-3)11-7(13)12-8/h2,6,15-16H,1H3,(H,9,10)(H,11,12)/t6-,8+/m1/s1. The van der Waals surface area contributed by atoms with Gasteiger partial charge in [-0.2, -0.15) is 4.98 Å². The third-order valence-corrected chi connectivity index (χ3v) is 2.60. The van der Waals surface area contributed by atoms with Gasteiger partial charge in [-0.1, -0.05) is 0 Å². The molecule has 0 aromatic carbocycles. The van der Waals surface area contributed by atoms with E-state index in [0.717, 1.165) is 4.57 Å². The van der Waals surface area contributed by atoms with Gasteiger partial charge in [0.2, 0.25) is 5.95 Å². The van der Waals surface area contributed by atoms with E-state index >= 15 is 0 Å². The summed E-state index contributed by atoms with van der Waals surface area (Å²) in [5.41, 5.74) is -1.65. The molecule has 2 aromatic heterocycles. The van der Waals surface area contributed by atoms with Crippen LogP contribution in [0.5, 0.6) is 0 Å². The Morgan fingerprint density at radius 1 is 1.62 bits per heavy atom. The van der Waals surface area contributed by atoms with Crippen molar-refractivity contribution in [3.8, 4) is 0 Å². The van der Waals surface area contributed by atoms with E-state index in [-0.39, 0.29) is 17.1 Å². The number of aliphatic hydroxyl groups excluding tert-OH is 1. The third-order valence-electron chi connectivity index (χ3n) is 2.60. The van der Waals surface area contributed by atoms with Crippen LogP contribution in [-0.2, 0) is 0 Å². The predicted octanol–water partition coefficient (Wildman–Crippen LogP) is -1.26. The highest BCUT2D eigenvalue weighted by atomic mass is 16.4. The number of rotatable bonds is 0. The molecule has 2 atom stereocenters. The lowest BCUT2D eigenvalue weighted by atomic mass is 10.2. The van der Waals surface area contributed by atoms with E-state index in [0.29, 0.717) is 0 Å². The Balaban J connectivity index is 2.39. The molecule has 16 heavy (non-hydrogen) atoms. The van der Waals surface area contributed by atoms with Crippen LogP contribution in [0.3, 0.4) is 0 Å². The number of fused-ring (bicyclic) bond motifs is 2. The lowest BCUT2D eigenvalue weighted by molar-refractivity contribution is -0.0675. The zero-order valence-corrected chi connectivity index (χ0v) is 8.30. The van der Waals surface area contributed by atoms with E-state index in [4.69, 9.17) is 0 Å². The number of hydrogen-bond acceptors (Lipinski definition) is 6. The summed E-state index contributed by atoms with van der Waals surface area (Å²) < 4.78 is 0.987. The maximum absolute atomic E-state index is 11.9. The molecule has 0 bridgehead atoms. The van der Waals surface area contributed by atoms with E-state index in [9.17, 15) is 15.0 Å². The summed E-state index contributed by atoms with van der Waals surface area (Å²) in [4.78, 5) is 22.4. The molecule has 3 heterocycles. The minimum atomic E-state index is -1.61. The molecule has 4 N–H and O–H groups in total. The maximum atomic E-state index is 11.9. The van der Waals surface area contributed by atoms with Crippen molar-refractivity contribution in [2.24, 2.45) is 0 Å². The van der Waals surface area contributed by atoms with Crippen molar-refractivity contribution in [2.75, 3.05) is 5.32 Å². The number of aliphatic hydroxyl groups is 2. The normalized spacial score (nSPS) is 28.1. The molecule has 0 saturated heterocycles. The predicted molar refractivity (Wildman–Crippen MR) is 53.7 cm³/mol. The summed E-state index contributed by atoms with van der Waals surface area (Å²) in [6, 6.07) is 0. The molecule has 0 unspecified atom stereocenters. The van der Waals surface area contributed by atoms with Gasteiger partial charge in [0.15, 0.2) is 23.1 Å². The molecule has 0 radical (unpaired) electrons. The van der Waals surface area contributed by atoms with Gasteiger partial charge in [0.1, 0.15) is 0 Å². The van der Waals surface area contributed by atoms with Gasteiger partial charge < -0.3 is 20.5 Å². The van der Waals surface area contributed by atoms with Crippen molar-refractivity contribution < 1.29 is 10.2 Å². The monoisotopic (exact) mass is 223 g/mol. The van der Waals surface area contributed by atoms with Gasteiger partial charge in [0.25, 0.3) is 5.56 Å². The Bertz CT molecular complexity index is 628. The topological polar surface area (TPSA) is 116 Å². The number of imidazole rings is 1. The fraction of sp³-hybridized carbons (Fsp3) is 0.375. The third kappa shape index (κ3) is 0.969. The second-order valence-corrected chi connectivity index (χ2v) is 3.86. The van der Waals surface area contributed by atoms with Crippen LogP contribution in [-0.4, -0.2) is 35.5 Å². The molecule has 0 saturated carbocycles. The smallest absolute Gasteiger partial charge is 0.283 e. The molecule has 8 nitrogen and oxygen atoms in total. The minimum absolute atomic E-state index is 0.0992. The van der Waals surface area contributed by atoms with Gasteiger partial charge in [-0.3, -0.25) is 4.79 Å². The van der Waals surface area contributed by atoms with Crippen LogP contribution in [0.4, 0.5) is 5.95 Å². The Morgan fingerprint density at radius 2 is 2.38 bits per heavy atom. The van der Waals surface area contributed by atoms with Gasteiger partial charge in [-0.15, -0.1) is 0 Å². The molecule has 1 aliphatic rings. The van der Waals surface area contributed by atoms with Crippen LogP contribution in [0.2, 0.25) is 0 Å². The van der Waals surface area contributed by atoms with E-state index in [1.165, 1.54) is 13.3 Å². The maximum Gasteiger partial charge on any atom is 0.283 e. The minimum Gasteiger partial charge on any atom is -0.369 e. The number of hydrogen-bond donors (Lipinski definition) is 4. The summed E-state index contributed by atoms with van der Waals surface area (Å²) in [6.45, 7) is 1.35. The molecule has 1 aliphatic heterocycles. The number of aromatic nitrogens is 4. The molecular formula is C8H9N5O3. The van der Waals surface area contributed by atoms with Crippen LogP contribution < -0.4 is 10.9 Å². The number of H-pyrrole nitrogens is 1. The van der Waals surface area contributed by atoms with Crippen molar-refractivity contribution in [3.05, 3.63) is 16.7 Å². The van der Waals surface area contributed by atoms with Crippen molar-refractivity contribution in [2.45, 2.75) is 18.9 Å². The first-order valence-corrected chi connectivity index (χ1v) is 4.65. The molecular weight excluding hydrogens is 214 g/mol. The summed E-state index contributed by atoms with van der Waals surface area (Å²) in [5.74, 6) is 0.0992. The average molecular weight is 223 g/mol. The Kier molecular flexibility index (Phi) is 1.51. The van der Waals surface area contributed by atoms with E-state index in [2.05, 4.69) is 20.3 Å². The molecule has 3 rings (SSSR count). The van der Waals surface area contributed by atoms with Crippen LogP contribution in [0.25, 0.3) is 11.2 Å². The van der Waals surface area contributed by atoms with Gasteiger partial charge >= 0.3 is 0 Å². The van der Waals surface area contributed by atoms with Gasteiger partial charge in [0.05, 0.1) is 6.33 Å². The Labute approximate surface area is 88.6 Å². The largest absolute Gasteiger partial charge is 0.369 e. The second kappa shape index (κ2) is 2.60. The summed E-state index contributed by atoms with van der Waals surface area (Å²) in [6.07, 6.45) is -0.0329. The molecule has 0 fully saturated rings. The van der Waals surface area contributed by atoms with Crippen molar-refractivity contribution >= 4 is 17.1 Å². The van der Waals surface area contributed by atoms with Crippen LogP contribution in [0.1, 0.15) is 13.2 Å². The Morgan fingerprint density at radius 3 is 3.12 bits per heavy atom. The zero-order valence-electron chi connectivity index (χ0n) is 8.30. The van der Waals surface area contributed by atoms with Crippen LogP contribution >= 0.6 is 0 Å². The highest BCUT2D eigenvalue weighted by Crippen LogP contribution is 2.30. The summed E-state index contributed by atoms with van der Waals surface area (Å²) in [5, 5.41) is 22.1. The number of nitrogens with one attached hydrogen (secondary N) is 2. The van der Waals surface area contributed by atoms with E-state index in [1.807, 2.05) is 0 Å². The zero-order chi connectivity index (χ0) is 11.5. The first-order valence-electron chi connectivity index (χ1n) is 4.65. The molecule has 0 aliphatic carbocycles. The van der Waals surface area contributed by atoms with Crippen molar-refractivity contribution in [1.29, 1.82) is 0 Å².